The van der Waals surface area contributed by atoms with Gasteiger partial charge in [-0.15, -0.1) is 0 Å². The Morgan fingerprint density at radius 2 is 2.06 bits per heavy atom. The van der Waals surface area contributed by atoms with E-state index in [1.807, 2.05) is 25.2 Å². The normalized spacial score (nSPS) is 17.2. The molecule has 0 saturated heterocycles. The molecule has 1 aromatic rings. The van der Waals surface area contributed by atoms with E-state index < -0.39 is 5.97 Å². The number of fused-ring (bicyclic) bond motifs is 1. The number of nitrogens with zero attached hydrogens (tertiary/aromatic N) is 1. The van der Waals surface area contributed by atoms with Gasteiger partial charge in [-0.05, 0) is 25.5 Å². The summed E-state index contributed by atoms with van der Waals surface area (Å²) in [7, 11) is 2.04. The van der Waals surface area contributed by atoms with E-state index in [1.165, 1.54) is 11.3 Å². The summed E-state index contributed by atoms with van der Waals surface area (Å²) in [6.07, 6.45) is -0.0217. The lowest BCUT2D eigenvalue weighted by Gasteiger charge is -2.15. The van der Waals surface area contributed by atoms with Crippen LogP contribution in [0.5, 0.6) is 0 Å². The summed E-state index contributed by atoms with van der Waals surface area (Å²) >= 11 is 0. The van der Waals surface area contributed by atoms with Crippen LogP contribution in [0.15, 0.2) is 18.2 Å². The minimum Gasteiger partial charge on any atom is -0.550 e. The molecule has 1 aliphatic rings. The molecule has 2 rings (SSSR count). The monoisotopic (exact) mass is 231 g/mol. The lowest BCUT2D eigenvalue weighted by molar-refractivity contribution is -0.403. The van der Waals surface area contributed by atoms with Crippen LogP contribution in [0.3, 0.4) is 0 Å². The number of carboxylic acids is 1. The molecule has 0 unspecified atom stereocenters. The van der Waals surface area contributed by atoms with Crippen molar-refractivity contribution in [1.29, 1.82) is 0 Å². The van der Waals surface area contributed by atoms with E-state index in [0.717, 1.165) is 11.3 Å². The molecule has 0 spiro atoms. The second-order valence-electron chi connectivity index (χ2n) is 5.17. The second-order valence-corrected chi connectivity index (χ2v) is 5.17. The smallest absolute Gasteiger partial charge is 0.209 e. The molecule has 3 heteroatoms. The van der Waals surface area contributed by atoms with Crippen molar-refractivity contribution in [3.63, 3.8) is 0 Å². The predicted molar refractivity (Wildman–Crippen MR) is 64.7 cm³/mol. The van der Waals surface area contributed by atoms with E-state index in [1.54, 1.807) is 0 Å². The van der Waals surface area contributed by atoms with Gasteiger partial charge in [0.15, 0.2) is 5.71 Å². The molecule has 0 aliphatic carbocycles. The minimum atomic E-state index is -1.03. The molecule has 0 radical (unpaired) electrons. The molecule has 90 valence electrons. The molecule has 0 bridgehead atoms. The molecule has 17 heavy (non-hydrogen) atoms. The SMILES string of the molecule is CC1=[N+](C)c2ccc(CC(=O)[O-])cc2C1(C)C. The Morgan fingerprint density at radius 3 is 2.65 bits per heavy atom. The summed E-state index contributed by atoms with van der Waals surface area (Å²) in [5.41, 5.74) is 4.40. The minimum absolute atomic E-state index is 0.0217. The van der Waals surface area contributed by atoms with Gasteiger partial charge >= 0.3 is 0 Å². The fourth-order valence-corrected chi connectivity index (χ4v) is 2.45. The summed E-state index contributed by atoms with van der Waals surface area (Å²) in [5, 5.41) is 10.6. The zero-order chi connectivity index (χ0) is 12.8. The van der Waals surface area contributed by atoms with Gasteiger partial charge < -0.3 is 9.90 Å². The largest absolute Gasteiger partial charge is 0.550 e. The molecule has 1 heterocycles. The van der Waals surface area contributed by atoms with Gasteiger partial charge in [0.25, 0.3) is 0 Å². The van der Waals surface area contributed by atoms with Gasteiger partial charge in [0, 0.05) is 30.9 Å². The van der Waals surface area contributed by atoms with E-state index in [2.05, 4.69) is 25.3 Å². The number of hydrogen-bond acceptors (Lipinski definition) is 2. The van der Waals surface area contributed by atoms with Crippen LogP contribution < -0.4 is 5.11 Å². The Bertz CT molecular complexity index is 527. The van der Waals surface area contributed by atoms with E-state index in [-0.39, 0.29) is 11.8 Å². The molecule has 0 fully saturated rings. The number of carboxylic acid groups (broad SMARTS) is 1. The topological polar surface area (TPSA) is 43.1 Å². The van der Waals surface area contributed by atoms with Crippen LogP contribution in [0.1, 0.15) is 31.9 Å². The third-order valence-corrected chi connectivity index (χ3v) is 3.85. The molecule has 0 saturated carbocycles. The maximum Gasteiger partial charge on any atom is 0.209 e. The van der Waals surface area contributed by atoms with Crippen molar-refractivity contribution >= 4 is 17.4 Å². The van der Waals surface area contributed by atoms with Crippen molar-refractivity contribution in [3.05, 3.63) is 29.3 Å². The zero-order valence-electron chi connectivity index (χ0n) is 10.7. The van der Waals surface area contributed by atoms with Crippen LogP contribution in [0.4, 0.5) is 5.69 Å². The molecule has 0 aromatic heterocycles. The molecule has 1 aliphatic heterocycles. The van der Waals surface area contributed by atoms with E-state index in [0.29, 0.717) is 0 Å². The average molecular weight is 231 g/mol. The fraction of sp³-hybridized carbons (Fsp3) is 0.429. The third-order valence-electron chi connectivity index (χ3n) is 3.85. The van der Waals surface area contributed by atoms with Crippen molar-refractivity contribution in [2.75, 3.05) is 7.05 Å². The van der Waals surface area contributed by atoms with Gasteiger partial charge in [-0.2, -0.15) is 0 Å². The Labute approximate surface area is 101 Å². The fourth-order valence-electron chi connectivity index (χ4n) is 2.45. The maximum atomic E-state index is 10.6. The van der Waals surface area contributed by atoms with E-state index in [9.17, 15) is 9.90 Å². The number of hydrogen-bond donors (Lipinski definition) is 0. The van der Waals surface area contributed by atoms with Gasteiger partial charge in [-0.25, -0.2) is 4.58 Å². The summed E-state index contributed by atoms with van der Waals surface area (Å²) in [6, 6.07) is 5.84. The number of rotatable bonds is 2. The third kappa shape index (κ3) is 1.75. The Balaban J connectivity index is 2.52. The summed E-state index contributed by atoms with van der Waals surface area (Å²) < 4.78 is 2.16. The van der Waals surface area contributed by atoms with Crippen LogP contribution in [-0.4, -0.2) is 23.3 Å². The van der Waals surface area contributed by atoms with Gasteiger partial charge in [0.1, 0.15) is 7.05 Å². The first-order valence-electron chi connectivity index (χ1n) is 5.75. The summed E-state index contributed by atoms with van der Waals surface area (Å²) in [6.45, 7) is 6.43. The summed E-state index contributed by atoms with van der Waals surface area (Å²) in [4.78, 5) is 10.6. The maximum absolute atomic E-state index is 10.6. The van der Waals surface area contributed by atoms with Crippen LogP contribution in [-0.2, 0) is 16.6 Å². The van der Waals surface area contributed by atoms with Crippen molar-refractivity contribution in [1.82, 2.24) is 0 Å². The highest BCUT2D eigenvalue weighted by Crippen LogP contribution is 2.39. The van der Waals surface area contributed by atoms with Gasteiger partial charge in [0.05, 0.1) is 5.41 Å². The Hall–Kier alpha value is -1.64. The van der Waals surface area contributed by atoms with E-state index >= 15 is 0 Å². The van der Waals surface area contributed by atoms with E-state index in [4.69, 9.17) is 0 Å². The molecule has 1 aromatic carbocycles. The Morgan fingerprint density at radius 1 is 1.41 bits per heavy atom. The molecule has 3 nitrogen and oxygen atoms in total. The van der Waals surface area contributed by atoms with Crippen LogP contribution in [0.25, 0.3) is 0 Å². The molecule has 0 amide bonds. The molecule has 0 N–H and O–H groups in total. The van der Waals surface area contributed by atoms with Crippen molar-refractivity contribution < 1.29 is 14.5 Å². The molecular formula is C14H17NO2. The quantitative estimate of drug-likeness (QED) is 0.713. The first-order chi connectivity index (χ1) is 7.84. The number of aliphatic carboxylic acids is 1. The highest BCUT2D eigenvalue weighted by Gasteiger charge is 2.41. The first kappa shape index (κ1) is 11.8. The lowest BCUT2D eigenvalue weighted by Crippen LogP contribution is -2.26. The van der Waals surface area contributed by atoms with Gasteiger partial charge in [0.2, 0.25) is 5.69 Å². The van der Waals surface area contributed by atoms with Gasteiger partial charge in [-0.1, -0.05) is 6.07 Å². The highest BCUT2D eigenvalue weighted by molar-refractivity contribution is 5.93. The number of benzene rings is 1. The van der Waals surface area contributed by atoms with Crippen molar-refractivity contribution in [3.8, 4) is 0 Å². The van der Waals surface area contributed by atoms with Gasteiger partial charge in [-0.3, -0.25) is 0 Å². The van der Waals surface area contributed by atoms with Crippen LogP contribution >= 0.6 is 0 Å². The predicted octanol–water partition coefficient (Wildman–Crippen LogP) is 1.00. The lowest BCUT2D eigenvalue weighted by atomic mass is 9.81. The standard InChI is InChI=1S/C14H17NO2/c1-9-14(2,3)11-7-10(8-13(16)17)5-6-12(11)15(9)4/h5-7H,8H2,1-4H3. The second kappa shape index (κ2) is 3.69. The van der Waals surface area contributed by atoms with Crippen molar-refractivity contribution in [2.45, 2.75) is 32.6 Å². The number of carbonyl (C=O) groups excluding carboxylic acids is 1. The first-order valence-corrected chi connectivity index (χ1v) is 5.75. The molecular weight excluding hydrogens is 214 g/mol. The zero-order valence-corrected chi connectivity index (χ0v) is 10.7. The van der Waals surface area contributed by atoms with Crippen LogP contribution in [0, 0.1) is 0 Å². The highest BCUT2D eigenvalue weighted by atomic mass is 16.4. The van der Waals surface area contributed by atoms with Crippen molar-refractivity contribution in [2.24, 2.45) is 0 Å². The molecule has 0 atom stereocenters. The summed E-state index contributed by atoms with van der Waals surface area (Å²) in [5.74, 6) is -1.03. The van der Waals surface area contributed by atoms with Crippen LogP contribution in [0.2, 0.25) is 0 Å². The number of carbonyl (C=O) groups is 1. The Kier molecular flexibility index (Phi) is 2.57. The average Bonchev–Trinajstić information content (AvgIpc) is 2.40.